The minimum absolute atomic E-state index is 0.0243. The van der Waals surface area contributed by atoms with Crippen LogP contribution in [0.1, 0.15) is 57.3 Å². The number of hydrogen-bond acceptors (Lipinski definition) is 4. The van der Waals surface area contributed by atoms with Gasteiger partial charge in [-0.05, 0) is 56.0 Å². The lowest BCUT2D eigenvalue weighted by Crippen LogP contribution is -2.46. The molecule has 33 heavy (non-hydrogen) atoms. The van der Waals surface area contributed by atoms with Gasteiger partial charge in [0.25, 0.3) is 5.91 Å². The Bertz CT molecular complexity index is 1070. The van der Waals surface area contributed by atoms with Crippen LogP contribution in [0.5, 0.6) is 0 Å². The molecular formula is C24H26F3N5O. The fourth-order valence-electron chi connectivity index (χ4n) is 4.31. The van der Waals surface area contributed by atoms with E-state index in [-0.39, 0.29) is 18.0 Å². The molecule has 1 amide bonds. The lowest BCUT2D eigenvalue weighted by Gasteiger charge is -2.35. The van der Waals surface area contributed by atoms with Crippen molar-refractivity contribution in [2.24, 2.45) is 0 Å². The number of hydrogen-bond donors (Lipinski definition) is 2. The van der Waals surface area contributed by atoms with E-state index in [2.05, 4.69) is 20.5 Å². The Kier molecular flexibility index (Phi) is 6.51. The number of likely N-dealkylation sites (tertiary alicyclic amines) is 1. The second-order valence-electron chi connectivity index (χ2n) is 8.38. The van der Waals surface area contributed by atoms with E-state index in [9.17, 15) is 18.0 Å². The normalized spacial score (nSPS) is 16.1. The van der Waals surface area contributed by atoms with Crippen LogP contribution in [0.4, 0.5) is 13.2 Å². The molecule has 1 aliphatic heterocycles. The topological polar surface area (TPSA) is 73.9 Å². The predicted octanol–water partition coefficient (Wildman–Crippen LogP) is 4.42. The van der Waals surface area contributed by atoms with Gasteiger partial charge < -0.3 is 10.2 Å². The van der Waals surface area contributed by atoms with Crippen molar-refractivity contribution in [1.29, 1.82) is 0 Å². The van der Waals surface area contributed by atoms with Gasteiger partial charge in [0, 0.05) is 37.2 Å². The molecule has 1 saturated heterocycles. The zero-order valence-electron chi connectivity index (χ0n) is 18.5. The average Bonchev–Trinajstić information content (AvgIpc) is 3.15. The van der Waals surface area contributed by atoms with Gasteiger partial charge in [-0.1, -0.05) is 18.2 Å². The molecule has 1 aromatic carbocycles. The van der Waals surface area contributed by atoms with E-state index >= 15 is 0 Å². The summed E-state index contributed by atoms with van der Waals surface area (Å²) in [4.78, 5) is 18.9. The van der Waals surface area contributed by atoms with Gasteiger partial charge in [-0.25, -0.2) is 0 Å². The molecule has 0 saturated carbocycles. The van der Waals surface area contributed by atoms with Gasteiger partial charge in [-0.2, -0.15) is 18.3 Å². The highest BCUT2D eigenvalue weighted by atomic mass is 19.4. The van der Waals surface area contributed by atoms with E-state index in [0.29, 0.717) is 24.3 Å². The lowest BCUT2D eigenvalue weighted by molar-refractivity contribution is -0.137. The number of H-pyrrole nitrogens is 1. The summed E-state index contributed by atoms with van der Waals surface area (Å²) in [6.07, 6.45) is 0.481. The van der Waals surface area contributed by atoms with Crippen molar-refractivity contribution < 1.29 is 18.0 Å². The van der Waals surface area contributed by atoms with E-state index in [1.54, 1.807) is 12.4 Å². The Morgan fingerprint density at radius 1 is 1.12 bits per heavy atom. The maximum absolute atomic E-state index is 13.0. The zero-order chi connectivity index (χ0) is 23.6. The van der Waals surface area contributed by atoms with Crippen LogP contribution in [0, 0.1) is 13.8 Å². The molecule has 1 unspecified atom stereocenters. The molecule has 3 aromatic rings. The number of nitrogens with one attached hydrogen (secondary N) is 2. The number of alkyl halides is 3. The van der Waals surface area contributed by atoms with E-state index in [1.807, 2.05) is 30.9 Å². The van der Waals surface area contributed by atoms with Crippen molar-refractivity contribution in [3.05, 3.63) is 82.4 Å². The quantitative estimate of drug-likeness (QED) is 0.595. The van der Waals surface area contributed by atoms with Gasteiger partial charge in [0.1, 0.15) is 0 Å². The maximum Gasteiger partial charge on any atom is 0.416 e. The third-order valence-corrected chi connectivity index (χ3v) is 6.12. The summed E-state index contributed by atoms with van der Waals surface area (Å²) in [5, 5.41) is 10.6. The number of aromatic amines is 1. The van der Waals surface area contributed by atoms with Crippen LogP contribution in [0.2, 0.25) is 0 Å². The van der Waals surface area contributed by atoms with E-state index in [0.717, 1.165) is 41.8 Å². The Morgan fingerprint density at radius 2 is 1.82 bits per heavy atom. The van der Waals surface area contributed by atoms with Crippen molar-refractivity contribution in [3.8, 4) is 0 Å². The number of pyridine rings is 1. The molecule has 0 bridgehead atoms. The third-order valence-electron chi connectivity index (χ3n) is 6.12. The number of halogens is 3. The van der Waals surface area contributed by atoms with Gasteiger partial charge in [0.2, 0.25) is 0 Å². The summed E-state index contributed by atoms with van der Waals surface area (Å²) in [7, 11) is 0. The highest BCUT2D eigenvalue weighted by Gasteiger charge is 2.31. The molecule has 1 atom stereocenters. The second-order valence-corrected chi connectivity index (χ2v) is 8.38. The van der Waals surface area contributed by atoms with Crippen molar-refractivity contribution >= 4 is 5.91 Å². The molecule has 2 N–H and O–H groups in total. The number of amides is 1. The summed E-state index contributed by atoms with van der Waals surface area (Å²) in [5.41, 5.74) is 3.01. The number of aromatic nitrogens is 3. The molecule has 2 aromatic heterocycles. The smallest absolute Gasteiger partial charge is 0.338 e. The lowest BCUT2D eigenvalue weighted by atomic mass is 9.95. The Hall–Kier alpha value is -3.20. The zero-order valence-corrected chi connectivity index (χ0v) is 18.5. The van der Waals surface area contributed by atoms with E-state index in [1.165, 1.54) is 12.1 Å². The number of benzene rings is 1. The molecule has 6 nitrogen and oxygen atoms in total. The Balaban J connectivity index is 1.47. The number of piperidine rings is 1. The van der Waals surface area contributed by atoms with Crippen LogP contribution in [0.3, 0.4) is 0 Å². The predicted molar refractivity (Wildman–Crippen MR) is 118 cm³/mol. The maximum atomic E-state index is 13.0. The van der Waals surface area contributed by atoms with Crippen LogP contribution in [-0.2, 0) is 6.18 Å². The van der Waals surface area contributed by atoms with Gasteiger partial charge >= 0.3 is 6.18 Å². The minimum Gasteiger partial charge on any atom is -0.338 e. The average molecular weight is 458 g/mol. The number of rotatable bonds is 5. The first kappa shape index (κ1) is 23.0. The summed E-state index contributed by atoms with van der Waals surface area (Å²) in [6.45, 7) is 4.83. The minimum atomic E-state index is -4.37. The molecule has 174 valence electrons. The van der Waals surface area contributed by atoms with E-state index < -0.39 is 11.7 Å². The molecule has 9 heteroatoms. The molecule has 0 aliphatic carbocycles. The van der Waals surface area contributed by atoms with Crippen LogP contribution in [0.15, 0.2) is 48.8 Å². The van der Waals surface area contributed by atoms with Gasteiger partial charge in [-0.3, -0.25) is 14.9 Å². The summed E-state index contributed by atoms with van der Waals surface area (Å²) >= 11 is 0. The first-order valence-corrected chi connectivity index (χ1v) is 10.9. The summed E-state index contributed by atoms with van der Waals surface area (Å²) < 4.78 is 39.0. The first-order valence-electron chi connectivity index (χ1n) is 10.9. The standard InChI is InChI=1S/C24H26F3N5O/c1-15-21(16(2)31-30-15)23(33)32-12-9-20(10-13-32)29-22(18-4-3-11-28-14-18)17-5-7-19(8-6-17)24(25,26)27/h3-8,11,14,20,22,29H,9-10,12-13H2,1-2H3,(H,30,31). The Labute approximate surface area is 190 Å². The van der Waals surface area contributed by atoms with Crippen molar-refractivity contribution in [2.75, 3.05) is 13.1 Å². The van der Waals surface area contributed by atoms with Gasteiger partial charge in [-0.15, -0.1) is 0 Å². The summed E-state index contributed by atoms with van der Waals surface area (Å²) in [6, 6.07) is 8.76. The molecule has 4 rings (SSSR count). The monoisotopic (exact) mass is 457 g/mol. The highest BCUT2D eigenvalue weighted by molar-refractivity contribution is 5.96. The molecular weight excluding hydrogens is 431 g/mol. The molecule has 3 heterocycles. The molecule has 1 fully saturated rings. The fraction of sp³-hybridized carbons (Fsp3) is 0.375. The van der Waals surface area contributed by atoms with Crippen LogP contribution in [-0.4, -0.2) is 45.1 Å². The first-order chi connectivity index (χ1) is 15.7. The number of nitrogens with zero attached hydrogens (tertiary/aromatic N) is 3. The van der Waals surface area contributed by atoms with Gasteiger partial charge in [0.15, 0.2) is 0 Å². The van der Waals surface area contributed by atoms with E-state index in [4.69, 9.17) is 0 Å². The number of carbonyl (C=O) groups excluding carboxylic acids is 1. The number of aryl methyl sites for hydroxylation is 2. The van der Waals surface area contributed by atoms with Crippen molar-refractivity contribution in [3.63, 3.8) is 0 Å². The van der Waals surface area contributed by atoms with Crippen LogP contribution >= 0.6 is 0 Å². The van der Waals surface area contributed by atoms with Crippen LogP contribution in [0.25, 0.3) is 0 Å². The van der Waals surface area contributed by atoms with Crippen molar-refractivity contribution in [1.82, 2.24) is 25.4 Å². The SMILES string of the molecule is Cc1n[nH]c(C)c1C(=O)N1CCC(NC(c2ccc(C(F)(F)F)cc2)c2cccnc2)CC1. The molecule has 0 radical (unpaired) electrons. The largest absolute Gasteiger partial charge is 0.416 e. The summed E-state index contributed by atoms with van der Waals surface area (Å²) in [5.74, 6) is -0.0243. The number of carbonyl (C=O) groups is 1. The van der Waals surface area contributed by atoms with Crippen LogP contribution < -0.4 is 5.32 Å². The molecule has 1 aliphatic rings. The highest BCUT2D eigenvalue weighted by Crippen LogP contribution is 2.31. The van der Waals surface area contributed by atoms with Gasteiger partial charge in [0.05, 0.1) is 22.9 Å². The third kappa shape index (κ3) is 5.08. The Morgan fingerprint density at radius 3 is 2.36 bits per heavy atom. The second kappa shape index (κ2) is 9.35. The fourth-order valence-corrected chi connectivity index (χ4v) is 4.31. The van der Waals surface area contributed by atoms with Crippen molar-refractivity contribution in [2.45, 2.75) is 44.9 Å². The molecule has 0 spiro atoms.